The van der Waals surface area contributed by atoms with Crippen molar-refractivity contribution in [1.82, 2.24) is 9.47 Å². The fourth-order valence-corrected chi connectivity index (χ4v) is 1.90. The normalized spacial score (nSPS) is 12.6. The highest BCUT2D eigenvalue weighted by Crippen LogP contribution is 2.20. The van der Waals surface area contributed by atoms with Crippen LogP contribution in [0.15, 0.2) is 27.4 Å². The van der Waals surface area contributed by atoms with E-state index >= 15 is 0 Å². The lowest BCUT2D eigenvalue weighted by Gasteiger charge is -2.17. The van der Waals surface area contributed by atoms with E-state index in [9.17, 15) is 9.59 Å². The lowest BCUT2D eigenvalue weighted by atomic mass is 10.2. The van der Waals surface area contributed by atoms with Crippen molar-refractivity contribution in [3.63, 3.8) is 0 Å². The molecule has 0 aliphatic rings. The molecular weight excluding hydrogens is 234 g/mol. The third-order valence-corrected chi connectivity index (χ3v) is 2.82. The minimum atomic E-state index is -0.629. The second-order valence-corrected chi connectivity index (χ2v) is 4.37. The van der Waals surface area contributed by atoms with Crippen LogP contribution in [0.3, 0.4) is 0 Å². The lowest BCUT2D eigenvalue weighted by molar-refractivity contribution is -0.131. The first-order valence-corrected chi connectivity index (χ1v) is 5.53. The number of nitrogens with zero attached hydrogens (tertiary/aromatic N) is 2. The number of amides is 1. The van der Waals surface area contributed by atoms with Gasteiger partial charge in [0.25, 0.3) is 0 Å². The van der Waals surface area contributed by atoms with Crippen LogP contribution in [-0.2, 0) is 4.79 Å². The molecular formula is C12H15N3O3. The molecule has 6 nitrogen and oxygen atoms in total. The Hall–Kier alpha value is -2.24. The Morgan fingerprint density at radius 2 is 2.11 bits per heavy atom. The van der Waals surface area contributed by atoms with E-state index in [1.54, 1.807) is 39.2 Å². The molecule has 2 N–H and O–H groups in total. The quantitative estimate of drug-likeness (QED) is 0.799. The van der Waals surface area contributed by atoms with Crippen LogP contribution in [0.2, 0.25) is 0 Å². The summed E-state index contributed by atoms with van der Waals surface area (Å²) in [6, 6.07) is 4.26. The van der Waals surface area contributed by atoms with Gasteiger partial charge in [0.05, 0.1) is 5.52 Å². The summed E-state index contributed by atoms with van der Waals surface area (Å²) in [4.78, 5) is 25.2. The van der Waals surface area contributed by atoms with Gasteiger partial charge in [-0.2, -0.15) is 0 Å². The summed E-state index contributed by atoms with van der Waals surface area (Å²) in [5.41, 5.74) is 7.16. The van der Waals surface area contributed by atoms with Crippen molar-refractivity contribution >= 4 is 22.7 Å². The number of anilines is 1. The molecule has 1 amide bonds. The second-order valence-electron chi connectivity index (χ2n) is 4.37. The number of benzene rings is 1. The summed E-state index contributed by atoms with van der Waals surface area (Å²) in [6.07, 6.45) is 0. The molecule has 1 aromatic heterocycles. The van der Waals surface area contributed by atoms with Crippen molar-refractivity contribution in [2.24, 2.45) is 0 Å². The van der Waals surface area contributed by atoms with Crippen molar-refractivity contribution in [2.45, 2.75) is 13.0 Å². The monoisotopic (exact) mass is 249 g/mol. The molecule has 0 aliphatic heterocycles. The van der Waals surface area contributed by atoms with Gasteiger partial charge in [-0.1, -0.05) is 0 Å². The Kier molecular flexibility index (Phi) is 2.86. The van der Waals surface area contributed by atoms with Crippen LogP contribution in [0.4, 0.5) is 5.69 Å². The van der Waals surface area contributed by atoms with Gasteiger partial charge in [-0.3, -0.25) is 9.36 Å². The van der Waals surface area contributed by atoms with Crippen LogP contribution < -0.4 is 11.5 Å². The van der Waals surface area contributed by atoms with E-state index in [-0.39, 0.29) is 5.91 Å². The van der Waals surface area contributed by atoms with Gasteiger partial charge < -0.3 is 15.1 Å². The molecule has 0 saturated heterocycles. The summed E-state index contributed by atoms with van der Waals surface area (Å²) in [6.45, 7) is 1.65. The molecule has 0 fully saturated rings. The maximum Gasteiger partial charge on any atom is 0.420 e. The highest BCUT2D eigenvalue weighted by Gasteiger charge is 2.22. The van der Waals surface area contributed by atoms with Crippen LogP contribution in [0, 0.1) is 0 Å². The Morgan fingerprint density at radius 1 is 1.44 bits per heavy atom. The molecule has 1 heterocycles. The molecule has 1 unspecified atom stereocenters. The lowest BCUT2D eigenvalue weighted by Crippen LogP contribution is -2.33. The third-order valence-electron chi connectivity index (χ3n) is 2.82. The maximum atomic E-state index is 11.9. The number of aromatic nitrogens is 1. The number of nitrogens with two attached hydrogens (primary N) is 1. The first-order valence-electron chi connectivity index (χ1n) is 5.53. The Bertz CT molecular complexity index is 654. The number of carbonyl (C=O) groups excluding carboxylic acids is 1. The highest BCUT2D eigenvalue weighted by molar-refractivity contribution is 5.83. The number of hydrogen-bond acceptors (Lipinski definition) is 4. The molecule has 2 aromatic rings. The standard InChI is InChI=1S/C12H15N3O3/c1-7(11(16)14(2)3)15-9-6-8(13)4-5-10(9)18-12(15)17/h4-7H,13H2,1-3H3. The molecule has 1 atom stereocenters. The highest BCUT2D eigenvalue weighted by atomic mass is 16.4. The Morgan fingerprint density at radius 3 is 2.72 bits per heavy atom. The number of nitrogen functional groups attached to an aromatic ring is 1. The van der Waals surface area contributed by atoms with Crippen molar-refractivity contribution in [1.29, 1.82) is 0 Å². The smallest absolute Gasteiger partial charge is 0.408 e. The first kappa shape index (κ1) is 12.2. The summed E-state index contributed by atoms with van der Waals surface area (Å²) in [5.74, 6) is -0.736. The topological polar surface area (TPSA) is 81.5 Å². The van der Waals surface area contributed by atoms with E-state index in [4.69, 9.17) is 10.2 Å². The summed E-state index contributed by atoms with van der Waals surface area (Å²) < 4.78 is 6.40. The molecule has 1 aromatic carbocycles. The molecule has 0 radical (unpaired) electrons. The van der Waals surface area contributed by atoms with E-state index in [1.165, 1.54) is 9.47 Å². The minimum Gasteiger partial charge on any atom is -0.408 e. The van der Waals surface area contributed by atoms with E-state index in [2.05, 4.69) is 0 Å². The van der Waals surface area contributed by atoms with Crippen LogP contribution >= 0.6 is 0 Å². The SMILES string of the molecule is CC(C(=O)N(C)C)n1c(=O)oc2ccc(N)cc21. The first-order chi connectivity index (χ1) is 8.41. The van der Waals surface area contributed by atoms with E-state index in [0.29, 0.717) is 16.8 Å². The maximum absolute atomic E-state index is 11.9. The molecule has 6 heteroatoms. The molecule has 2 rings (SSSR count). The molecule has 18 heavy (non-hydrogen) atoms. The Labute approximate surface area is 104 Å². The molecule has 0 aliphatic carbocycles. The van der Waals surface area contributed by atoms with E-state index in [1.807, 2.05) is 0 Å². The fourth-order valence-electron chi connectivity index (χ4n) is 1.90. The van der Waals surface area contributed by atoms with Gasteiger partial charge in [0, 0.05) is 19.8 Å². The van der Waals surface area contributed by atoms with Gasteiger partial charge >= 0.3 is 5.76 Å². The largest absolute Gasteiger partial charge is 0.420 e. The van der Waals surface area contributed by atoms with Crippen LogP contribution in [0.5, 0.6) is 0 Å². The van der Waals surface area contributed by atoms with Gasteiger partial charge in [0.2, 0.25) is 5.91 Å². The summed E-state index contributed by atoms with van der Waals surface area (Å²) in [7, 11) is 3.28. The zero-order valence-corrected chi connectivity index (χ0v) is 10.5. The predicted molar refractivity (Wildman–Crippen MR) is 68.3 cm³/mol. The molecule has 96 valence electrons. The average Bonchev–Trinajstić information content (AvgIpc) is 2.62. The van der Waals surface area contributed by atoms with E-state index in [0.717, 1.165) is 0 Å². The zero-order chi connectivity index (χ0) is 13.4. The summed E-state index contributed by atoms with van der Waals surface area (Å²) >= 11 is 0. The number of rotatable bonds is 2. The summed E-state index contributed by atoms with van der Waals surface area (Å²) in [5, 5.41) is 0. The third kappa shape index (κ3) is 1.85. The van der Waals surface area contributed by atoms with Crippen LogP contribution in [0.25, 0.3) is 11.1 Å². The molecule has 0 saturated carbocycles. The number of likely N-dealkylation sites (N-methyl/N-ethyl adjacent to an activating group) is 1. The predicted octanol–water partition coefficient (Wildman–Crippen LogP) is 0.826. The fraction of sp³-hybridized carbons (Fsp3) is 0.333. The minimum absolute atomic E-state index is 0.178. The van der Waals surface area contributed by atoms with Gasteiger partial charge in [-0.05, 0) is 25.1 Å². The van der Waals surface area contributed by atoms with Crippen LogP contribution in [-0.4, -0.2) is 29.5 Å². The average molecular weight is 249 g/mol. The molecule has 0 bridgehead atoms. The number of carbonyl (C=O) groups is 1. The Balaban J connectivity index is 2.63. The van der Waals surface area contributed by atoms with Crippen molar-refractivity contribution in [3.05, 3.63) is 28.7 Å². The van der Waals surface area contributed by atoms with Gasteiger partial charge in [0.1, 0.15) is 6.04 Å². The van der Waals surface area contributed by atoms with Crippen molar-refractivity contribution < 1.29 is 9.21 Å². The van der Waals surface area contributed by atoms with Crippen LogP contribution in [0.1, 0.15) is 13.0 Å². The van der Waals surface area contributed by atoms with Gasteiger partial charge in [0.15, 0.2) is 5.58 Å². The number of oxazole rings is 1. The second kappa shape index (κ2) is 4.21. The van der Waals surface area contributed by atoms with Gasteiger partial charge in [-0.25, -0.2) is 4.79 Å². The van der Waals surface area contributed by atoms with Gasteiger partial charge in [-0.15, -0.1) is 0 Å². The van der Waals surface area contributed by atoms with Crippen molar-refractivity contribution in [2.75, 3.05) is 19.8 Å². The number of hydrogen-bond donors (Lipinski definition) is 1. The molecule has 0 spiro atoms. The van der Waals surface area contributed by atoms with E-state index < -0.39 is 11.8 Å². The number of fused-ring (bicyclic) bond motifs is 1. The zero-order valence-electron chi connectivity index (χ0n) is 10.5. The van der Waals surface area contributed by atoms with Crippen molar-refractivity contribution in [3.8, 4) is 0 Å².